The Morgan fingerprint density at radius 3 is 2.62 bits per heavy atom. The molecule has 0 fully saturated rings. The smallest absolute Gasteiger partial charge is 0.0477 e. The highest BCUT2D eigenvalue weighted by molar-refractivity contribution is 9.10. The average molecular weight is 286 g/mol. The van der Waals surface area contributed by atoms with Crippen molar-refractivity contribution in [1.82, 2.24) is 5.32 Å². The second-order valence-corrected chi connectivity index (χ2v) is 4.69. The van der Waals surface area contributed by atoms with Crippen LogP contribution in [-0.2, 0) is 4.74 Å². The fraction of sp³-hybridized carbons (Fsp3) is 0.538. The zero-order valence-corrected chi connectivity index (χ0v) is 11.6. The highest BCUT2D eigenvalue weighted by atomic mass is 79.9. The minimum absolute atomic E-state index is 0.398. The van der Waals surface area contributed by atoms with Gasteiger partial charge in [0.05, 0.1) is 0 Å². The molecule has 0 heterocycles. The molecule has 0 bridgehead atoms. The molecule has 2 nitrogen and oxygen atoms in total. The Bertz CT molecular complexity index is 286. The van der Waals surface area contributed by atoms with Crippen LogP contribution in [0.15, 0.2) is 28.7 Å². The molecule has 0 amide bonds. The van der Waals surface area contributed by atoms with Crippen molar-refractivity contribution in [3.05, 3.63) is 34.3 Å². The first-order valence-electron chi connectivity index (χ1n) is 5.80. The zero-order chi connectivity index (χ0) is 11.8. The van der Waals surface area contributed by atoms with Crippen LogP contribution in [0.1, 0.15) is 31.9 Å². The average Bonchev–Trinajstić information content (AvgIpc) is 2.29. The van der Waals surface area contributed by atoms with Gasteiger partial charge in [-0.3, -0.25) is 0 Å². The molecule has 0 aliphatic heterocycles. The molecule has 0 saturated carbocycles. The fourth-order valence-corrected chi connectivity index (χ4v) is 1.77. The van der Waals surface area contributed by atoms with Crippen molar-refractivity contribution in [2.45, 2.75) is 26.3 Å². The van der Waals surface area contributed by atoms with Gasteiger partial charge in [-0.2, -0.15) is 0 Å². The Morgan fingerprint density at radius 2 is 2.00 bits per heavy atom. The number of rotatable bonds is 7. The number of hydrogen-bond donors (Lipinski definition) is 1. The van der Waals surface area contributed by atoms with Gasteiger partial charge in [0.1, 0.15) is 0 Å². The summed E-state index contributed by atoms with van der Waals surface area (Å²) in [6, 6.07) is 8.84. The van der Waals surface area contributed by atoms with Crippen molar-refractivity contribution in [2.75, 3.05) is 19.8 Å². The molecule has 1 aromatic rings. The van der Waals surface area contributed by atoms with Crippen LogP contribution in [0.3, 0.4) is 0 Å². The summed E-state index contributed by atoms with van der Waals surface area (Å²) >= 11 is 3.44. The second-order valence-electron chi connectivity index (χ2n) is 3.78. The summed E-state index contributed by atoms with van der Waals surface area (Å²) in [7, 11) is 0. The van der Waals surface area contributed by atoms with Crippen molar-refractivity contribution in [3.63, 3.8) is 0 Å². The molecule has 0 unspecified atom stereocenters. The molecule has 0 aliphatic carbocycles. The molecule has 1 rings (SSSR count). The van der Waals surface area contributed by atoms with E-state index in [2.05, 4.69) is 52.4 Å². The Balaban J connectivity index is 2.24. The van der Waals surface area contributed by atoms with Gasteiger partial charge in [0.25, 0.3) is 0 Å². The van der Waals surface area contributed by atoms with Gasteiger partial charge in [0.15, 0.2) is 0 Å². The van der Waals surface area contributed by atoms with E-state index >= 15 is 0 Å². The van der Waals surface area contributed by atoms with Gasteiger partial charge in [0, 0.05) is 23.7 Å². The van der Waals surface area contributed by atoms with Gasteiger partial charge in [-0.15, -0.1) is 0 Å². The van der Waals surface area contributed by atoms with E-state index in [0.717, 1.165) is 30.7 Å². The number of hydrogen-bond acceptors (Lipinski definition) is 2. The number of nitrogens with one attached hydrogen (secondary N) is 1. The Hall–Kier alpha value is -0.380. The number of halogens is 1. The summed E-state index contributed by atoms with van der Waals surface area (Å²) in [6.45, 7) is 6.86. The summed E-state index contributed by atoms with van der Waals surface area (Å²) < 4.78 is 6.42. The summed E-state index contributed by atoms with van der Waals surface area (Å²) in [4.78, 5) is 0. The van der Waals surface area contributed by atoms with Crippen molar-refractivity contribution < 1.29 is 4.74 Å². The standard InChI is InChI=1S/C13H20BrNO/c1-3-16-10-4-9-15-11(2)12-5-7-13(14)8-6-12/h5-8,11,15H,3-4,9-10H2,1-2H3/t11-/m0/s1. The number of benzene rings is 1. The topological polar surface area (TPSA) is 21.3 Å². The van der Waals surface area contributed by atoms with Gasteiger partial charge >= 0.3 is 0 Å². The minimum Gasteiger partial charge on any atom is -0.382 e. The van der Waals surface area contributed by atoms with E-state index < -0.39 is 0 Å². The van der Waals surface area contributed by atoms with Gasteiger partial charge in [-0.05, 0) is 44.5 Å². The lowest BCUT2D eigenvalue weighted by Gasteiger charge is -2.14. The normalized spacial score (nSPS) is 12.7. The molecule has 3 heteroatoms. The summed E-state index contributed by atoms with van der Waals surface area (Å²) in [5, 5.41) is 3.48. The zero-order valence-electron chi connectivity index (χ0n) is 10.0. The maximum atomic E-state index is 5.29. The Morgan fingerprint density at radius 1 is 1.31 bits per heavy atom. The van der Waals surface area contributed by atoms with E-state index in [0.29, 0.717) is 6.04 Å². The first kappa shape index (κ1) is 13.7. The third-order valence-corrected chi connectivity index (χ3v) is 3.02. The molecule has 0 radical (unpaired) electrons. The van der Waals surface area contributed by atoms with E-state index in [1.807, 2.05) is 6.92 Å². The lowest BCUT2D eigenvalue weighted by molar-refractivity contribution is 0.144. The number of ether oxygens (including phenoxy) is 1. The Labute approximate surface area is 107 Å². The van der Waals surface area contributed by atoms with Gasteiger partial charge in [0.2, 0.25) is 0 Å². The maximum absolute atomic E-state index is 5.29. The monoisotopic (exact) mass is 285 g/mol. The van der Waals surface area contributed by atoms with E-state index in [-0.39, 0.29) is 0 Å². The van der Waals surface area contributed by atoms with E-state index in [1.54, 1.807) is 0 Å². The van der Waals surface area contributed by atoms with E-state index in [4.69, 9.17) is 4.74 Å². The van der Waals surface area contributed by atoms with Crippen molar-refractivity contribution >= 4 is 15.9 Å². The molecule has 90 valence electrons. The molecular formula is C13H20BrNO. The minimum atomic E-state index is 0.398. The van der Waals surface area contributed by atoms with Crippen LogP contribution in [0.25, 0.3) is 0 Å². The van der Waals surface area contributed by atoms with Gasteiger partial charge < -0.3 is 10.1 Å². The summed E-state index contributed by atoms with van der Waals surface area (Å²) in [6.07, 6.45) is 1.06. The first-order valence-corrected chi connectivity index (χ1v) is 6.60. The van der Waals surface area contributed by atoms with Crippen LogP contribution in [0.2, 0.25) is 0 Å². The third-order valence-electron chi connectivity index (χ3n) is 2.49. The van der Waals surface area contributed by atoms with Crippen LogP contribution in [0.4, 0.5) is 0 Å². The van der Waals surface area contributed by atoms with Crippen LogP contribution in [0, 0.1) is 0 Å². The van der Waals surface area contributed by atoms with Gasteiger partial charge in [-0.1, -0.05) is 28.1 Å². The maximum Gasteiger partial charge on any atom is 0.0477 e. The van der Waals surface area contributed by atoms with Crippen LogP contribution in [-0.4, -0.2) is 19.8 Å². The Kier molecular flexibility index (Phi) is 6.69. The lowest BCUT2D eigenvalue weighted by Crippen LogP contribution is -2.20. The summed E-state index contributed by atoms with van der Waals surface area (Å²) in [5.74, 6) is 0. The predicted octanol–water partition coefficient (Wildman–Crippen LogP) is 3.53. The molecule has 1 aromatic carbocycles. The first-order chi connectivity index (χ1) is 7.74. The van der Waals surface area contributed by atoms with E-state index in [1.165, 1.54) is 5.56 Å². The van der Waals surface area contributed by atoms with E-state index in [9.17, 15) is 0 Å². The quantitative estimate of drug-likeness (QED) is 0.774. The largest absolute Gasteiger partial charge is 0.382 e. The molecule has 0 saturated heterocycles. The third kappa shape index (κ3) is 5.10. The molecule has 0 aliphatic rings. The molecule has 1 atom stereocenters. The van der Waals surface area contributed by atoms with Crippen LogP contribution >= 0.6 is 15.9 Å². The van der Waals surface area contributed by atoms with Crippen molar-refractivity contribution in [3.8, 4) is 0 Å². The van der Waals surface area contributed by atoms with Crippen LogP contribution in [0.5, 0.6) is 0 Å². The summed E-state index contributed by atoms with van der Waals surface area (Å²) in [5.41, 5.74) is 1.32. The second kappa shape index (κ2) is 7.82. The van der Waals surface area contributed by atoms with Crippen molar-refractivity contribution in [2.24, 2.45) is 0 Å². The molecule has 0 spiro atoms. The van der Waals surface area contributed by atoms with Crippen molar-refractivity contribution in [1.29, 1.82) is 0 Å². The lowest BCUT2D eigenvalue weighted by atomic mass is 10.1. The van der Waals surface area contributed by atoms with Crippen LogP contribution < -0.4 is 5.32 Å². The fourth-order valence-electron chi connectivity index (χ4n) is 1.51. The predicted molar refractivity (Wildman–Crippen MR) is 71.7 cm³/mol. The highest BCUT2D eigenvalue weighted by Crippen LogP contribution is 2.16. The van der Waals surface area contributed by atoms with Gasteiger partial charge in [-0.25, -0.2) is 0 Å². The SMILES string of the molecule is CCOCCCN[C@@H](C)c1ccc(Br)cc1. The highest BCUT2D eigenvalue weighted by Gasteiger charge is 2.03. The molecular weight excluding hydrogens is 266 g/mol. The molecule has 0 aromatic heterocycles. The molecule has 1 N–H and O–H groups in total. The molecule has 16 heavy (non-hydrogen) atoms.